The molecule has 2 rings (SSSR count). The molecule has 5 nitrogen and oxygen atoms in total. The molecule has 1 fully saturated rings. The quantitative estimate of drug-likeness (QED) is 0.802. The highest BCUT2D eigenvalue weighted by Crippen LogP contribution is 2.26. The smallest absolute Gasteiger partial charge is 0.387 e. The lowest BCUT2D eigenvalue weighted by molar-refractivity contribution is -0.123. The van der Waals surface area contributed by atoms with Gasteiger partial charge >= 0.3 is 12.6 Å². The van der Waals surface area contributed by atoms with Gasteiger partial charge in [0.2, 0.25) is 0 Å². The van der Waals surface area contributed by atoms with Gasteiger partial charge in [0.15, 0.2) is 0 Å². The molecule has 0 unspecified atom stereocenters. The second kappa shape index (κ2) is 4.25. The summed E-state index contributed by atoms with van der Waals surface area (Å²) in [5.74, 6) is -0.503. The van der Waals surface area contributed by atoms with Crippen molar-refractivity contribution in [1.82, 2.24) is 10.6 Å². The third kappa shape index (κ3) is 2.11. The second-order valence-corrected chi connectivity index (χ2v) is 3.94. The summed E-state index contributed by atoms with van der Waals surface area (Å²) >= 11 is 0. The fraction of sp³-hybridized carbons (Fsp3) is 0.273. The van der Waals surface area contributed by atoms with Gasteiger partial charge in [0.1, 0.15) is 11.3 Å². The summed E-state index contributed by atoms with van der Waals surface area (Å²) in [7, 11) is 0. The van der Waals surface area contributed by atoms with Crippen LogP contribution in [-0.4, -0.2) is 18.5 Å². The number of urea groups is 1. The molecule has 1 heterocycles. The average molecular weight is 256 g/mol. The minimum atomic E-state index is -2.90. The van der Waals surface area contributed by atoms with Crippen molar-refractivity contribution < 1.29 is 23.1 Å². The van der Waals surface area contributed by atoms with E-state index in [1.54, 1.807) is 0 Å². The molecule has 1 aromatic rings. The highest BCUT2D eigenvalue weighted by Gasteiger charge is 2.43. The maximum Gasteiger partial charge on any atom is 0.387 e. The molecule has 18 heavy (non-hydrogen) atoms. The van der Waals surface area contributed by atoms with Gasteiger partial charge in [-0.2, -0.15) is 8.78 Å². The first-order valence-electron chi connectivity index (χ1n) is 5.11. The van der Waals surface area contributed by atoms with Crippen molar-refractivity contribution in [3.63, 3.8) is 0 Å². The fourth-order valence-corrected chi connectivity index (χ4v) is 1.72. The summed E-state index contributed by atoms with van der Waals surface area (Å²) in [5.41, 5.74) is -0.715. The van der Waals surface area contributed by atoms with Crippen LogP contribution in [0.4, 0.5) is 13.6 Å². The molecule has 0 spiro atoms. The first-order chi connectivity index (χ1) is 8.41. The third-order valence-electron chi connectivity index (χ3n) is 2.70. The van der Waals surface area contributed by atoms with Crippen molar-refractivity contribution in [3.8, 4) is 5.75 Å². The summed E-state index contributed by atoms with van der Waals surface area (Å²) in [6.07, 6.45) is 0. The molecule has 7 heteroatoms. The summed E-state index contributed by atoms with van der Waals surface area (Å²) < 4.78 is 28.1. The summed E-state index contributed by atoms with van der Waals surface area (Å²) in [6, 6.07) is 4.93. The first-order valence-corrected chi connectivity index (χ1v) is 5.11. The number of alkyl halides is 2. The summed E-state index contributed by atoms with van der Waals surface area (Å²) in [5, 5.41) is 4.58. The van der Waals surface area contributed by atoms with Gasteiger partial charge in [-0.1, -0.05) is 12.1 Å². The number of nitrogens with one attached hydrogen (secondary N) is 2. The Morgan fingerprint density at radius 3 is 2.28 bits per heavy atom. The van der Waals surface area contributed by atoms with Crippen molar-refractivity contribution >= 4 is 11.9 Å². The molecule has 3 amide bonds. The van der Waals surface area contributed by atoms with E-state index in [2.05, 4.69) is 15.4 Å². The van der Waals surface area contributed by atoms with Gasteiger partial charge in [-0.15, -0.1) is 0 Å². The van der Waals surface area contributed by atoms with Crippen LogP contribution >= 0.6 is 0 Å². The standard InChI is InChI=1S/C11H10F2N2O3/c1-11(8(16)14-10(17)15-11)6-2-4-7(5-3-6)18-9(12)13/h2-5,9H,1H3,(H2,14,15,16,17)/t11-/m0/s1. The predicted molar refractivity (Wildman–Crippen MR) is 57.1 cm³/mol. The number of hydrogen-bond donors (Lipinski definition) is 2. The Balaban J connectivity index is 2.24. The van der Waals surface area contributed by atoms with Crippen molar-refractivity contribution in [2.24, 2.45) is 0 Å². The number of imide groups is 1. The number of halogens is 2. The lowest BCUT2D eigenvalue weighted by Crippen LogP contribution is -2.40. The van der Waals surface area contributed by atoms with Gasteiger partial charge in [-0.05, 0) is 24.6 Å². The molecule has 0 aliphatic carbocycles. The molecular weight excluding hydrogens is 246 g/mol. The van der Waals surface area contributed by atoms with Crippen LogP contribution in [0.2, 0.25) is 0 Å². The molecular formula is C11H10F2N2O3. The van der Waals surface area contributed by atoms with E-state index in [0.717, 1.165) is 0 Å². The molecule has 1 saturated heterocycles. The van der Waals surface area contributed by atoms with Crippen LogP contribution in [0.5, 0.6) is 5.75 Å². The maximum absolute atomic E-state index is 12.0. The van der Waals surface area contributed by atoms with Crippen molar-refractivity contribution in [1.29, 1.82) is 0 Å². The van der Waals surface area contributed by atoms with Crippen molar-refractivity contribution in [3.05, 3.63) is 29.8 Å². The van der Waals surface area contributed by atoms with E-state index in [1.807, 2.05) is 0 Å². The van der Waals surface area contributed by atoms with E-state index >= 15 is 0 Å². The van der Waals surface area contributed by atoms with E-state index in [4.69, 9.17) is 0 Å². The number of benzene rings is 1. The SMILES string of the molecule is C[C@@]1(c2ccc(OC(F)F)cc2)NC(=O)NC1=O. The Hall–Kier alpha value is -2.18. The number of hydrogen-bond acceptors (Lipinski definition) is 3. The maximum atomic E-state index is 12.0. The van der Waals surface area contributed by atoms with Gasteiger partial charge in [0, 0.05) is 0 Å². The molecule has 0 saturated carbocycles. The Bertz CT molecular complexity index is 490. The number of rotatable bonds is 3. The number of amides is 3. The summed E-state index contributed by atoms with van der Waals surface area (Å²) in [4.78, 5) is 22.7. The molecule has 0 radical (unpaired) electrons. The molecule has 1 aliphatic rings. The predicted octanol–water partition coefficient (Wildman–Crippen LogP) is 1.34. The van der Waals surface area contributed by atoms with E-state index in [1.165, 1.54) is 31.2 Å². The molecule has 1 aliphatic heterocycles. The van der Waals surface area contributed by atoms with Gasteiger partial charge in [-0.25, -0.2) is 4.79 Å². The van der Waals surface area contributed by atoms with Crippen LogP contribution in [0, 0.1) is 0 Å². The molecule has 1 atom stereocenters. The lowest BCUT2D eigenvalue weighted by atomic mass is 9.92. The van der Waals surface area contributed by atoms with E-state index in [-0.39, 0.29) is 5.75 Å². The highest BCUT2D eigenvalue weighted by atomic mass is 19.3. The molecule has 96 valence electrons. The van der Waals surface area contributed by atoms with Crippen molar-refractivity contribution in [2.45, 2.75) is 19.1 Å². The van der Waals surface area contributed by atoms with Crippen LogP contribution in [0.1, 0.15) is 12.5 Å². The van der Waals surface area contributed by atoms with Crippen LogP contribution < -0.4 is 15.4 Å². The normalized spacial score (nSPS) is 22.9. The Kier molecular flexibility index (Phi) is 2.90. The largest absolute Gasteiger partial charge is 0.435 e. The van der Waals surface area contributed by atoms with Crippen LogP contribution in [0.25, 0.3) is 0 Å². The Morgan fingerprint density at radius 2 is 1.83 bits per heavy atom. The zero-order chi connectivity index (χ0) is 13.3. The molecule has 0 aromatic heterocycles. The lowest BCUT2D eigenvalue weighted by Gasteiger charge is -2.21. The topological polar surface area (TPSA) is 67.4 Å². The number of carbonyl (C=O) groups excluding carboxylic acids is 2. The van der Waals surface area contributed by atoms with Crippen LogP contribution in [-0.2, 0) is 10.3 Å². The average Bonchev–Trinajstić information content (AvgIpc) is 2.53. The van der Waals surface area contributed by atoms with E-state index in [9.17, 15) is 18.4 Å². The van der Waals surface area contributed by atoms with Gasteiger partial charge in [-0.3, -0.25) is 10.1 Å². The highest BCUT2D eigenvalue weighted by molar-refractivity contribution is 6.07. The minimum Gasteiger partial charge on any atom is -0.435 e. The molecule has 1 aromatic carbocycles. The molecule has 0 bridgehead atoms. The number of carbonyl (C=O) groups is 2. The Labute approximate surface area is 101 Å². The summed E-state index contributed by atoms with van der Waals surface area (Å²) in [6.45, 7) is -1.38. The van der Waals surface area contributed by atoms with Crippen LogP contribution in [0.3, 0.4) is 0 Å². The fourth-order valence-electron chi connectivity index (χ4n) is 1.72. The number of ether oxygens (including phenoxy) is 1. The zero-order valence-corrected chi connectivity index (χ0v) is 9.37. The van der Waals surface area contributed by atoms with E-state index in [0.29, 0.717) is 5.56 Å². The molecule has 2 N–H and O–H groups in total. The van der Waals surface area contributed by atoms with Crippen LogP contribution in [0.15, 0.2) is 24.3 Å². The first kappa shape index (κ1) is 12.3. The zero-order valence-electron chi connectivity index (χ0n) is 9.37. The van der Waals surface area contributed by atoms with Gasteiger partial charge in [0.25, 0.3) is 5.91 Å². The van der Waals surface area contributed by atoms with Gasteiger partial charge < -0.3 is 10.1 Å². The second-order valence-electron chi connectivity index (χ2n) is 3.94. The minimum absolute atomic E-state index is 0.0120. The van der Waals surface area contributed by atoms with Gasteiger partial charge in [0.05, 0.1) is 0 Å². The van der Waals surface area contributed by atoms with E-state index < -0.39 is 24.1 Å². The third-order valence-corrected chi connectivity index (χ3v) is 2.70. The monoisotopic (exact) mass is 256 g/mol. The van der Waals surface area contributed by atoms with Crippen molar-refractivity contribution in [2.75, 3.05) is 0 Å². The Morgan fingerprint density at radius 1 is 1.22 bits per heavy atom.